The Hall–Kier alpha value is -1.14. The molecule has 0 aromatic heterocycles. The SMILES string of the molecule is CC1(C)OB(c2ccc(C3=CCC4(CC3)OCCO4)cc2)OC1(C)C. The van der Waals surface area contributed by atoms with Crippen LogP contribution in [0.25, 0.3) is 5.57 Å². The summed E-state index contributed by atoms with van der Waals surface area (Å²) in [4.78, 5) is 0. The smallest absolute Gasteiger partial charge is 0.399 e. The van der Waals surface area contributed by atoms with Gasteiger partial charge in [0.25, 0.3) is 0 Å². The van der Waals surface area contributed by atoms with Crippen LogP contribution >= 0.6 is 0 Å². The number of benzene rings is 1. The van der Waals surface area contributed by atoms with Crippen LogP contribution < -0.4 is 5.46 Å². The van der Waals surface area contributed by atoms with Gasteiger partial charge in [-0.3, -0.25) is 0 Å². The van der Waals surface area contributed by atoms with Crippen LogP contribution in [-0.4, -0.2) is 37.3 Å². The second-order valence-electron chi connectivity index (χ2n) is 8.25. The molecule has 4 nitrogen and oxygen atoms in total. The zero-order valence-electron chi connectivity index (χ0n) is 15.6. The summed E-state index contributed by atoms with van der Waals surface area (Å²) < 4.78 is 23.8. The van der Waals surface area contributed by atoms with E-state index in [0.29, 0.717) is 13.2 Å². The molecule has 0 amide bonds. The lowest BCUT2D eigenvalue weighted by Gasteiger charge is -2.32. The number of rotatable bonds is 2. The van der Waals surface area contributed by atoms with Gasteiger partial charge in [-0.25, -0.2) is 0 Å². The van der Waals surface area contributed by atoms with Crippen LogP contribution in [0.2, 0.25) is 0 Å². The Kier molecular flexibility index (Phi) is 4.11. The highest BCUT2D eigenvalue weighted by atomic mass is 16.7. The molecule has 0 bridgehead atoms. The fraction of sp³-hybridized carbons (Fsp3) is 0.600. The Morgan fingerprint density at radius 1 is 0.880 bits per heavy atom. The molecule has 1 aliphatic carbocycles. The van der Waals surface area contributed by atoms with Gasteiger partial charge in [0.2, 0.25) is 0 Å². The minimum absolute atomic E-state index is 0.303. The van der Waals surface area contributed by atoms with Gasteiger partial charge in [0.15, 0.2) is 5.79 Å². The highest BCUT2D eigenvalue weighted by Crippen LogP contribution is 2.39. The largest absolute Gasteiger partial charge is 0.494 e. The van der Waals surface area contributed by atoms with Crippen LogP contribution in [0.15, 0.2) is 30.3 Å². The lowest BCUT2D eigenvalue weighted by molar-refractivity contribution is -0.159. The topological polar surface area (TPSA) is 36.9 Å². The first-order valence-corrected chi connectivity index (χ1v) is 9.23. The standard InChI is InChI=1S/C20H27BO4/c1-18(2)19(3,4)25-21(24-18)17-7-5-15(6-8-17)16-9-11-20(12-10-16)22-13-14-23-20/h5-9H,10-14H2,1-4H3. The number of ether oxygens (including phenoxy) is 2. The van der Waals surface area contributed by atoms with Crippen molar-refractivity contribution in [2.24, 2.45) is 0 Å². The molecule has 25 heavy (non-hydrogen) atoms. The number of hydrogen-bond acceptors (Lipinski definition) is 4. The minimum atomic E-state index is -0.355. The first-order chi connectivity index (χ1) is 11.8. The second kappa shape index (κ2) is 5.95. The van der Waals surface area contributed by atoms with Crippen LogP contribution in [0.5, 0.6) is 0 Å². The lowest BCUT2D eigenvalue weighted by atomic mass is 9.78. The first-order valence-electron chi connectivity index (χ1n) is 9.23. The first kappa shape index (κ1) is 17.3. The van der Waals surface area contributed by atoms with Crippen molar-refractivity contribution in [3.8, 4) is 0 Å². The summed E-state index contributed by atoms with van der Waals surface area (Å²) in [6.45, 7) is 9.75. The molecule has 0 N–H and O–H groups in total. The van der Waals surface area contributed by atoms with Crippen molar-refractivity contribution in [1.29, 1.82) is 0 Å². The molecule has 0 atom stereocenters. The third-order valence-electron chi connectivity index (χ3n) is 6.06. The Balaban J connectivity index is 1.47. The Morgan fingerprint density at radius 3 is 2.00 bits per heavy atom. The van der Waals surface area contributed by atoms with E-state index < -0.39 is 0 Å². The molecule has 0 radical (unpaired) electrons. The predicted octanol–water partition coefficient (Wildman–Crippen LogP) is 3.30. The van der Waals surface area contributed by atoms with Gasteiger partial charge in [-0.15, -0.1) is 0 Å². The summed E-state index contributed by atoms with van der Waals surface area (Å²) in [7, 11) is -0.303. The van der Waals surface area contributed by atoms with E-state index in [1.54, 1.807) is 0 Å². The van der Waals surface area contributed by atoms with Crippen molar-refractivity contribution in [3.63, 3.8) is 0 Å². The molecule has 0 unspecified atom stereocenters. The van der Waals surface area contributed by atoms with Gasteiger partial charge in [-0.05, 0) is 50.7 Å². The third kappa shape index (κ3) is 3.08. The van der Waals surface area contributed by atoms with Crippen LogP contribution in [-0.2, 0) is 18.8 Å². The molecular weight excluding hydrogens is 315 g/mol. The molecular formula is C20H27BO4. The monoisotopic (exact) mass is 342 g/mol. The highest BCUT2D eigenvalue weighted by Gasteiger charge is 2.51. The molecule has 2 saturated heterocycles. The third-order valence-corrected chi connectivity index (χ3v) is 6.06. The molecule has 1 spiro atoms. The predicted molar refractivity (Wildman–Crippen MR) is 98.6 cm³/mol. The van der Waals surface area contributed by atoms with E-state index in [-0.39, 0.29) is 24.1 Å². The molecule has 3 aliphatic rings. The van der Waals surface area contributed by atoms with E-state index in [1.807, 2.05) is 0 Å². The van der Waals surface area contributed by atoms with E-state index >= 15 is 0 Å². The molecule has 1 aromatic carbocycles. The molecule has 2 fully saturated rings. The molecule has 2 heterocycles. The van der Waals surface area contributed by atoms with Crippen LogP contribution in [0.3, 0.4) is 0 Å². The molecule has 1 aromatic rings. The zero-order chi connectivity index (χ0) is 17.7. The summed E-state index contributed by atoms with van der Waals surface area (Å²) in [6.07, 6.45) is 5.01. The fourth-order valence-corrected chi connectivity index (χ4v) is 3.66. The van der Waals surface area contributed by atoms with Crippen molar-refractivity contribution in [2.45, 2.75) is 63.9 Å². The highest BCUT2D eigenvalue weighted by molar-refractivity contribution is 6.62. The summed E-state index contributed by atoms with van der Waals surface area (Å²) >= 11 is 0. The van der Waals surface area contributed by atoms with Crippen molar-refractivity contribution < 1.29 is 18.8 Å². The average molecular weight is 342 g/mol. The van der Waals surface area contributed by atoms with Gasteiger partial charge in [-0.1, -0.05) is 30.3 Å². The minimum Gasteiger partial charge on any atom is -0.399 e. The van der Waals surface area contributed by atoms with Gasteiger partial charge in [0.05, 0.1) is 24.4 Å². The van der Waals surface area contributed by atoms with Gasteiger partial charge < -0.3 is 18.8 Å². The zero-order valence-corrected chi connectivity index (χ0v) is 15.6. The number of hydrogen-bond donors (Lipinski definition) is 0. The summed E-state index contributed by atoms with van der Waals surface area (Å²) in [5, 5.41) is 0. The Labute approximate surface area is 150 Å². The second-order valence-corrected chi connectivity index (χ2v) is 8.25. The van der Waals surface area contributed by atoms with Gasteiger partial charge in [-0.2, -0.15) is 0 Å². The van der Waals surface area contributed by atoms with E-state index in [0.717, 1.165) is 24.7 Å². The maximum absolute atomic E-state index is 6.13. The van der Waals surface area contributed by atoms with E-state index in [1.165, 1.54) is 11.1 Å². The molecule has 0 saturated carbocycles. The van der Waals surface area contributed by atoms with Gasteiger partial charge in [0.1, 0.15) is 0 Å². The summed E-state index contributed by atoms with van der Waals surface area (Å²) in [5.74, 6) is -0.355. The van der Waals surface area contributed by atoms with Crippen molar-refractivity contribution in [2.75, 3.05) is 13.2 Å². The Bertz CT molecular complexity index is 655. The normalized spacial score (nSPS) is 26.9. The number of allylic oxidation sites excluding steroid dienone is 1. The average Bonchev–Trinajstić information content (AvgIpc) is 3.11. The van der Waals surface area contributed by atoms with Crippen LogP contribution in [0.1, 0.15) is 52.5 Å². The van der Waals surface area contributed by atoms with E-state index in [2.05, 4.69) is 58.0 Å². The maximum atomic E-state index is 6.13. The Morgan fingerprint density at radius 2 is 1.48 bits per heavy atom. The maximum Gasteiger partial charge on any atom is 0.494 e. The summed E-state index contributed by atoms with van der Waals surface area (Å²) in [6, 6.07) is 8.57. The fourth-order valence-electron chi connectivity index (χ4n) is 3.66. The lowest BCUT2D eigenvalue weighted by Crippen LogP contribution is -2.41. The van der Waals surface area contributed by atoms with Crippen molar-refractivity contribution in [1.82, 2.24) is 0 Å². The molecule has 5 heteroatoms. The van der Waals surface area contributed by atoms with Crippen LogP contribution in [0.4, 0.5) is 0 Å². The summed E-state index contributed by atoms with van der Waals surface area (Å²) in [5.41, 5.74) is 3.08. The van der Waals surface area contributed by atoms with Gasteiger partial charge in [0, 0.05) is 12.8 Å². The van der Waals surface area contributed by atoms with Crippen molar-refractivity contribution in [3.05, 3.63) is 35.9 Å². The van der Waals surface area contributed by atoms with Crippen molar-refractivity contribution >= 4 is 18.2 Å². The molecule has 4 rings (SSSR count). The van der Waals surface area contributed by atoms with E-state index in [4.69, 9.17) is 18.8 Å². The van der Waals surface area contributed by atoms with Gasteiger partial charge >= 0.3 is 7.12 Å². The molecule has 2 aliphatic heterocycles. The van der Waals surface area contributed by atoms with Crippen LogP contribution in [0, 0.1) is 0 Å². The molecule has 134 valence electrons. The van der Waals surface area contributed by atoms with E-state index in [9.17, 15) is 0 Å². The quantitative estimate of drug-likeness (QED) is 0.773.